The predicted molar refractivity (Wildman–Crippen MR) is 43.9 cm³/mol. The molecule has 0 atom stereocenters. The summed E-state index contributed by atoms with van der Waals surface area (Å²) in [6.45, 7) is 0. The van der Waals surface area contributed by atoms with Crippen molar-refractivity contribution in [1.29, 1.82) is 0 Å². The van der Waals surface area contributed by atoms with Gasteiger partial charge in [-0.3, -0.25) is 0 Å². The molecule has 0 aromatic heterocycles. The summed E-state index contributed by atoms with van der Waals surface area (Å²) in [5, 5.41) is 23.3. The van der Waals surface area contributed by atoms with Crippen molar-refractivity contribution in [2.24, 2.45) is 10.8 Å². The highest BCUT2D eigenvalue weighted by atomic mass is 16.5. The Kier molecular flexibility index (Phi) is 3.18. The molecule has 1 aliphatic rings. The molecule has 0 heterocycles. The van der Waals surface area contributed by atoms with Crippen molar-refractivity contribution in [1.82, 2.24) is 0 Å². The van der Waals surface area contributed by atoms with Gasteiger partial charge in [0.25, 0.3) is 0 Å². The Morgan fingerprint density at radius 3 is 2.46 bits per heavy atom. The van der Waals surface area contributed by atoms with E-state index >= 15 is 0 Å². The molecular weight excluding hydrogens is 174 g/mol. The minimum atomic E-state index is -0.971. The molecule has 0 bridgehead atoms. The number of hydrogen-bond acceptors (Lipinski definition) is 3. The van der Waals surface area contributed by atoms with Gasteiger partial charge < -0.3 is 16.0 Å². The second-order valence-electron chi connectivity index (χ2n) is 3.20. The molecule has 0 aromatic carbocycles. The van der Waals surface area contributed by atoms with Crippen LogP contribution in [0.1, 0.15) is 25.7 Å². The molecule has 0 radical (unpaired) electrons. The first-order valence-electron chi connectivity index (χ1n) is 4.25. The lowest BCUT2D eigenvalue weighted by molar-refractivity contribution is -0.567. The highest BCUT2D eigenvalue weighted by molar-refractivity contribution is 5.71. The van der Waals surface area contributed by atoms with Crippen LogP contribution < -0.4 is 5.73 Å². The van der Waals surface area contributed by atoms with E-state index in [0.717, 1.165) is 0 Å². The lowest BCUT2D eigenvalue weighted by Crippen LogP contribution is -2.29. The van der Waals surface area contributed by atoms with Crippen LogP contribution in [-0.4, -0.2) is 28.1 Å². The predicted octanol–water partition coefficient (Wildman–Crippen LogP) is 0.331. The third-order valence-corrected chi connectivity index (χ3v) is 2.18. The molecule has 1 aliphatic carbocycles. The molecule has 6 heteroatoms. The second kappa shape index (κ2) is 4.18. The van der Waals surface area contributed by atoms with Crippen LogP contribution in [0.5, 0.6) is 0 Å². The number of rotatable bonds is 1. The molecule has 74 valence electrons. The van der Waals surface area contributed by atoms with Crippen LogP contribution in [0, 0.1) is 5.21 Å². The molecule has 13 heavy (non-hydrogen) atoms. The SMILES string of the molecule is NC(=O)N=[N+]([O-])C1CCC(O)CC1. The van der Waals surface area contributed by atoms with Gasteiger partial charge >= 0.3 is 6.03 Å². The van der Waals surface area contributed by atoms with Crippen LogP contribution in [0.15, 0.2) is 5.11 Å². The number of azo groups is 1. The number of hydroxylamine groups is 1. The lowest BCUT2D eigenvalue weighted by Gasteiger charge is -2.21. The van der Waals surface area contributed by atoms with Gasteiger partial charge in [-0.25, -0.2) is 4.79 Å². The molecule has 1 fully saturated rings. The highest BCUT2D eigenvalue weighted by Crippen LogP contribution is 2.20. The number of nitrogens with zero attached hydrogens (tertiary/aromatic N) is 2. The monoisotopic (exact) mass is 187 g/mol. The molecule has 1 saturated carbocycles. The van der Waals surface area contributed by atoms with E-state index in [1.165, 1.54) is 0 Å². The van der Waals surface area contributed by atoms with E-state index in [1.807, 2.05) is 0 Å². The first kappa shape index (κ1) is 9.91. The van der Waals surface area contributed by atoms with Crippen LogP contribution in [-0.2, 0) is 0 Å². The fourth-order valence-corrected chi connectivity index (χ4v) is 1.46. The maximum Gasteiger partial charge on any atom is 0.399 e. The number of carbonyl (C=O) groups is 1. The minimum absolute atomic E-state index is 0.309. The molecule has 1 rings (SSSR count). The zero-order valence-corrected chi connectivity index (χ0v) is 7.22. The zero-order valence-electron chi connectivity index (χ0n) is 7.22. The molecule has 0 spiro atoms. The number of aliphatic hydroxyl groups excluding tert-OH is 1. The van der Waals surface area contributed by atoms with E-state index in [4.69, 9.17) is 10.8 Å². The first-order chi connectivity index (χ1) is 6.09. The zero-order chi connectivity index (χ0) is 9.84. The Balaban J connectivity index is 2.49. The van der Waals surface area contributed by atoms with Gasteiger partial charge in [-0.1, -0.05) is 4.86 Å². The van der Waals surface area contributed by atoms with Crippen LogP contribution in [0.2, 0.25) is 0 Å². The normalized spacial score (nSPS) is 30.1. The van der Waals surface area contributed by atoms with Crippen LogP contribution in [0.3, 0.4) is 0 Å². The van der Waals surface area contributed by atoms with Gasteiger partial charge in [-0.2, -0.15) is 0 Å². The Labute approximate surface area is 75.6 Å². The molecular formula is C7H13N3O3. The van der Waals surface area contributed by atoms with Crippen molar-refractivity contribution in [3.63, 3.8) is 0 Å². The summed E-state index contributed by atoms with van der Waals surface area (Å²) in [5.74, 6) is 0. The number of aliphatic hydroxyl groups is 1. The van der Waals surface area contributed by atoms with E-state index in [2.05, 4.69) is 5.11 Å². The number of hydrogen-bond donors (Lipinski definition) is 2. The topological polar surface area (TPSA) is 102 Å². The number of amides is 2. The number of nitrogens with two attached hydrogens (primary N) is 1. The lowest BCUT2D eigenvalue weighted by atomic mass is 9.94. The maximum atomic E-state index is 11.1. The number of carbonyl (C=O) groups excluding carboxylic acids is 1. The number of urea groups is 1. The Morgan fingerprint density at radius 2 is 2.00 bits per heavy atom. The van der Waals surface area contributed by atoms with Gasteiger partial charge in [0.15, 0.2) is 6.04 Å². The van der Waals surface area contributed by atoms with Gasteiger partial charge in [-0.15, -0.1) is 0 Å². The molecule has 3 N–H and O–H groups in total. The van der Waals surface area contributed by atoms with Crippen molar-refractivity contribution in [3.8, 4) is 0 Å². The van der Waals surface area contributed by atoms with Gasteiger partial charge in [0, 0.05) is 12.8 Å². The summed E-state index contributed by atoms with van der Waals surface area (Å²) in [6, 6.07) is -1.28. The van der Waals surface area contributed by atoms with E-state index in [9.17, 15) is 10.0 Å². The van der Waals surface area contributed by atoms with E-state index in [1.54, 1.807) is 0 Å². The molecule has 0 saturated heterocycles. The smallest absolute Gasteiger partial charge is 0.399 e. The number of primary amides is 1. The Hall–Kier alpha value is -1.17. The Bertz CT molecular complexity index is 221. The second-order valence-corrected chi connectivity index (χ2v) is 3.20. The van der Waals surface area contributed by atoms with Gasteiger partial charge in [-0.05, 0) is 12.8 Å². The first-order valence-corrected chi connectivity index (χ1v) is 4.25. The molecule has 0 aromatic rings. The van der Waals surface area contributed by atoms with Crippen molar-refractivity contribution < 1.29 is 14.8 Å². The average Bonchev–Trinajstić information content (AvgIpc) is 2.04. The quantitative estimate of drug-likeness (QED) is 0.351. The van der Waals surface area contributed by atoms with Gasteiger partial charge in [0.1, 0.15) is 0 Å². The van der Waals surface area contributed by atoms with E-state index in [-0.39, 0.29) is 12.1 Å². The van der Waals surface area contributed by atoms with Crippen molar-refractivity contribution in [2.75, 3.05) is 0 Å². The van der Waals surface area contributed by atoms with Crippen LogP contribution in [0.4, 0.5) is 4.79 Å². The van der Waals surface area contributed by atoms with Crippen molar-refractivity contribution in [3.05, 3.63) is 5.21 Å². The summed E-state index contributed by atoms with van der Waals surface area (Å²) in [7, 11) is 0. The fourth-order valence-electron chi connectivity index (χ4n) is 1.46. The van der Waals surface area contributed by atoms with Gasteiger partial charge in [0.05, 0.1) is 11.2 Å². The maximum absolute atomic E-state index is 11.1. The third kappa shape index (κ3) is 2.98. The standard InChI is InChI=1S/C7H13N3O3/c8-7(12)9-10(13)5-1-3-6(11)4-2-5/h5-6,11H,1-4H2,(H2,8,12). The third-order valence-electron chi connectivity index (χ3n) is 2.18. The fraction of sp³-hybridized carbons (Fsp3) is 0.857. The average molecular weight is 187 g/mol. The summed E-state index contributed by atoms with van der Waals surface area (Å²) in [4.78, 5) is 10.6. The summed E-state index contributed by atoms with van der Waals surface area (Å²) in [5.41, 5.74) is 4.73. The molecule has 6 nitrogen and oxygen atoms in total. The summed E-state index contributed by atoms with van der Waals surface area (Å²) in [6.07, 6.45) is 1.95. The van der Waals surface area contributed by atoms with Crippen LogP contribution >= 0.6 is 0 Å². The van der Waals surface area contributed by atoms with Crippen LogP contribution in [0.25, 0.3) is 0 Å². The highest BCUT2D eigenvalue weighted by Gasteiger charge is 2.26. The molecule has 0 unspecified atom stereocenters. The molecule has 0 aliphatic heterocycles. The summed E-state index contributed by atoms with van der Waals surface area (Å²) >= 11 is 0. The van der Waals surface area contributed by atoms with Crippen molar-refractivity contribution in [2.45, 2.75) is 37.8 Å². The Morgan fingerprint density at radius 1 is 1.46 bits per heavy atom. The summed E-state index contributed by atoms with van der Waals surface area (Å²) < 4.78 is 0. The molecule has 2 amide bonds. The van der Waals surface area contributed by atoms with Gasteiger partial charge in [0.2, 0.25) is 0 Å². The van der Waals surface area contributed by atoms with Crippen molar-refractivity contribution >= 4 is 6.03 Å². The van der Waals surface area contributed by atoms with E-state index in [0.29, 0.717) is 30.5 Å². The minimum Gasteiger partial charge on any atom is -0.599 e. The largest absolute Gasteiger partial charge is 0.599 e. The van der Waals surface area contributed by atoms with E-state index < -0.39 is 6.03 Å².